The van der Waals surface area contributed by atoms with Gasteiger partial charge in [-0.25, -0.2) is 0 Å². The monoisotopic (exact) mass is 495 g/mol. The summed E-state index contributed by atoms with van der Waals surface area (Å²) in [5, 5.41) is 0. The van der Waals surface area contributed by atoms with Gasteiger partial charge in [0.2, 0.25) is 5.91 Å². The highest BCUT2D eigenvalue weighted by atomic mass is 16.2. The summed E-state index contributed by atoms with van der Waals surface area (Å²) < 4.78 is 0. The predicted octanol–water partition coefficient (Wildman–Crippen LogP) is 8.33. The Kier molecular flexibility index (Phi) is 15.7. The van der Waals surface area contributed by atoms with Crippen LogP contribution in [0.15, 0.2) is 53.5 Å². The SMILES string of the molecule is CC.CC.CCCCC(=O)N(Cc1ccc(-c2ccccc2C(N)=NC)cc1)C(C(C)C)C(C)(C)C. The van der Waals surface area contributed by atoms with E-state index in [1.807, 2.05) is 45.9 Å². The maximum atomic E-state index is 13.2. The van der Waals surface area contributed by atoms with Crippen LogP contribution in [0.2, 0.25) is 0 Å². The molecule has 0 spiro atoms. The van der Waals surface area contributed by atoms with Gasteiger partial charge >= 0.3 is 0 Å². The fraction of sp³-hybridized carbons (Fsp3) is 0.562. The zero-order chi connectivity index (χ0) is 27.9. The molecule has 0 aliphatic rings. The lowest BCUT2D eigenvalue weighted by Gasteiger charge is -2.43. The van der Waals surface area contributed by atoms with Crippen molar-refractivity contribution in [1.29, 1.82) is 0 Å². The summed E-state index contributed by atoms with van der Waals surface area (Å²) in [5.74, 6) is 1.16. The number of carbonyl (C=O) groups excluding carboxylic acids is 1. The van der Waals surface area contributed by atoms with Gasteiger partial charge in [0, 0.05) is 31.6 Å². The largest absolute Gasteiger partial charge is 0.383 e. The summed E-state index contributed by atoms with van der Waals surface area (Å²) >= 11 is 0. The minimum Gasteiger partial charge on any atom is -0.383 e. The van der Waals surface area contributed by atoms with Crippen LogP contribution < -0.4 is 5.73 Å². The van der Waals surface area contributed by atoms with Crippen LogP contribution in [0, 0.1) is 11.3 Å². The molecule has 4 nitrogen and oxygen atoms in total. The first kappa shape index (κ1) is 33.4. The summed E-state index contributed by atoms with van der Waals surface area (Å²) in [4.78, 5) is 19.5. The van der Waals surface area contributed by atoms with Crippen LogP contribution >= 0.6 is 0 Å². The van der Waals surface area contributed by atoms with Gasteiger partial charge in [-0.05, 0) is 34.4 Å². The highest BCUT2D eigenvalue weighted by molar-refractivity contribution is 6.03. The van der Waals surface area contributed by atoms with Gasteiger partial charge in [0.25, 0.3) is 0 Å². The fourth-order valence-corrected chi connectivity index (χ4v) is 4.71. The van der Waals surface area contributed by atoms with E-state index in [0.717, 1.165) is 35.1 Å². The second-order valence-electron chi connectivity index (χ2n) is 10.0. The Labute approximate surface area is 222 Å². The number of unbranched alkanes of at least 4 members (excludes halogenated alkanes) is 1. The minimum absolute atomic E-state index is 0.00589. The molecule has 0 bridgehead atoms. The number of nitrogens with zero attached hydrogens (tertiary/aromatic N) is 2. The van der Waals surface area contributed by atoms with Crippen molar-refractivity contribution in [2.45, 2.75) is 101 Å². The summed E-state index contributed by atoms with van der Waals surface area (Å²) in [7, 11) is 1.71. The number of carbonyl (C=O) groups is 1. The normalized spacial score (nSPS) is 12.2. The Bertz CT molecular complexity index is 908. The van der Waals surface area contributed by atoms with Crippen LogP contribution in [0.5, 0.6) is 0 Å². The maximum absolute atomic E-state index is 13.2. The Morgan fingerprint density at radius 1 is 0.972 bits per heavy atom. The molecule has 0 fully saturated rings. The third kappa shape index (κ3) is 9.79. The van der Waals surface area contributed by atoms with Crippen molar-refractivity contribution in [2.75, 3.05) is 7.05 Å². The summed E-state index contributed by atoms with van der Waals surface area (Å²) in [5.41, 5.74) is 10.4. The van der Waals surface area contributed by atoms with Crippen molar-refractivity contribution < 1.29 is 4.79 Å². The van der Waals surface area contributed by atoms with E-state index in [4.69, 9.17) is 5.73 Å². The van der Waals surface area contributed by atoms with Crippen molar-refractivity contribution in [1.82, 2.24) is 4.90 Å². The zero-order valence-corrected chi connectivity index (χ0v) is 25.0. The van der Waals surface area contributed by atoms with Crippen molar-refractivity contribution in [3.8, 4) is 11.1 Å². The van der Waals surface area contributed by atoms with Gasteiger partial charge in [-0.1, -0.05) is 124 Å². The first-order chi connectivity index (χ1) is 17.1. The molecule has 0 heterocycles. The van der Waals surface area contributed by atoms with Crippen LogP contribution in [0.1, 0.15) is 99.6 Å². The van der Waals surface area contributed by atoms with Gasteiger partial charge in [0.05, 0.1) is 0 Å². The number of hydrogen-bond acceptors (Lipinski definition) is 2. The number of hydrogen-bond donors (Lipinski definition) is 1. The topological polar surface area (TPSA) is 58.7 Å². The Hall–Kier alpha value is -2.62. The highest BCUT2D eigenvalue weighted by Crippen LogP contribution is 2.32. The van der Waals surface area contributed by atoms with Gasteiger partial charge in [-0.3, -0.25) is 9.79 Å². The lowest BCUT2D eigenvalue weighted by molar-refractivity contribution is -0.138. The van der Waals surface area contributed by atoms with Crippen LogP contribution in [0.3, 0.4) is 0 Å². The molecule has 202 valence electrons. The van der Waals surface area contributed by atoms with Gasteiger partial charge in [0.1, 0.15) is 5.84 Å². The maximum Gasteiger partial charge on any atom is 0.223 e. The lowest BCUT2D eigenvalue weighted by atomic mass is 9.78. The van der Waals surface area contributed by atoms with Crippen molar-refractivity contribution in [3.63, 3.8) is 0 Å². The number of aliphatic imine (C=N–C) groups is 1. The Morgan fingerprint density at radius 3 is 2.00 bits per heavy atom. The lowest BCUT2D eigenvalue weighted by Crippen LogP contribution is -2.49. The second-order valence-corrected chi connectivity index (χ2v) is 10.0. The summed E-state index contributed by atoms with van der Waals surface area (Å²) in [6, 6.07) is 16.7. The predicted molar refractivity (Wildman–Crippen MR) is 159 cm³/mol. The molecular weight excluding hydrogens is 442 g/mol. The number of benzene rings is 2. The molecule has 0 saturated heterocycles. The third-order valence-corrected chi connectivity index (χ3v) is 5.98. The average Bonchev–Trinajstić information content (AvgIpc) is 2.88. The number of amidine groups is 1. The average molecular weight is 496 g/mol. The van der Waals surface area contributed by atoms with Crippen LogP contribution in [-0.4, -0.2) is 29.7 Å². The molecule has 2 aromatic rings. The fourth-order valence-electron chi connectivity index (χ4n) is 4.71. The van der Waals surface area contributed by atoms with Crippen LogP contribution in [0.4, 0.5) is 0 Å². The van der Waals surface area contributed by atoms with Crippen molar-refractivity contribution >= 4 is 11.7 Å². The molecule has 2 N–H and O–H groups in total. The second kappa shape index (κ2) is 16.9. The van der Waals surface area contributed by atoms with Gasteiger partial charge in [-0.2, -0.15) is 0 Å². The zero-order valence-electron chi connectivity index (χ0n) is 25.0. The summed E-state index contributed by atoms with van der Waals surface area (Å²) in [6.07, 6.45) is 2.57. The summed E-state index contributed by atoms with van der Waals surface area (Å²) in [6.45, 7) is 21.9. The standard InChI is InChI=1S/C28H41N3O.2C2H6/c1-8-9-14-25(32)31(26(20(2)3)28(4,5)6)19-21-15-17-22(18-16-21)23-12-10-11-13-24(23)27(29)30-7;2*1-2/h10-13,15-18,20,26H,8-9,14,19H2,1-7H3,(H2,29,30);2*1-2H3. The molecule has 0 aliphatic heterocycles. The van der Waals surface area contributed by atoms with Crippen LogP contribution in [-0.2, 0) is 11.3 Å². The van der Waals surface area contributed by atoms with E-state index in [1.54, 1.807) is 7.05 Å². The molecule has 0 aliphatic carbocycles. The van der Waals surface area contributed by atoms with E-state index in [0.29, 0.717) is 24.7 Å². The molecule has 36 heavy (non-hydrogen) atoms. The molecule has 1 amide bonds. The number of amides is 1. The molecule has 0 saturated carbocycles. The van der Waals surface area contributed by atoms with E-state index < -0.39 is 0 Å². The molecule has 2 aromatic carbocycles. The van der Waals surface area contributed by atoms with Crippen LogP contribution in [0.25, 0.3) is 11.1 Å². The smallest absolute Gasteiger partial charge is 0.223 e. The molecule has 4 heteroatoms. The molecule has 0 aromatic heterocycles. The molecule has 2 rings (SSSR count). The Morgan fingerprint density at radius 2 is 1.53 bits per heavy atom. The van der Waals surface area contributed by atoms with E-state index in [-0.39, 0.29) is 17.4 Å². The Balaban J connectivity index is 0.00000291. The van der Waals surface area contributed by atoms with E-state index in [9.17, 15) is 4.79 Å². The molecule has 1 atom stereocenters. The van der Waals surface area contributed by atoms with Gasteiger partial charge in [0.15, 0.2) is 0 Å². The number of nitrogens with two attached hydrogens (primary N) is 1. The van der Waals surface area contributed by atoms with Gasteiger partial charge < -0.3 is 10.6 Å². The molecule has 1 unspecified atom stereocenters. The van der Waals surface area contributed by atoms with E-state index >= 15 is 0 Å². The van der Waals surface area contributed by atoms with Crippen molar-refractivity contribution in [2.24, 2.45) is 22.1 Å². The van der Waals surface area contributed by atoms with Gasteiger partial charge in [-0.15, -0.1) is 0 Å². The third-order valence-electron chi connectivity index (χ3n) is 5.98. The van der Waals surface area contributed by atoms with E-state index in [1.165, 1.54) is 0 Å². The molecular formula is C32H53N3O. The van der Waals surface area contributed by atoms with E-state index in [2.05, 4.69) is 81.8 Å². The quantitative estimate of drug-likeness (QED) is 0.281. The first-order valence-corrected chi connectivity index (χ1v) is 13.8. The highest BCUT2D eigenvalue weighted by Gasteiger charge is 2.35. The van der Waals surface area contributed by atoms with Crippen molar-refractivity contribution in [3.05, 3.63) is 59.7 Å². The first-order valence-electron chi connectivity index (χ1n) is 13.8. The minimum atomic E-state index is 0.00589. The number of rotatable bonds is 9. The molecule has 0 radical (unpaired) electrons.